The van der Waals surface area contributed by atoms with E-state index in [2.05, 4.69) is 29.4 Å². The Balaban J connectivity index is 1.70. The minimum atomic E-state index is -0.108. The van der Waals surface area contributed by atoms with Crippen molar-refractivity contribution in [3.63, 3.8) is 0 Å². The molecule has 3 atom stereocenters. The van der Waals surface area contributed by atoms with Gasteiger partial charge in [-0.2, -0.15) is 0 Å². The number of methoxy groups -OCH3 is 2. The third-order valence-corrected chi connectivity index (χ3v) is 6.46. The van der Waals surface area contributed by atoms with Crippen LogP contribution in [0.3, 0.4) is 0 Å². The molecule has 3 fully saturated rings. The number of nitrogens with one attached hydrogen (secondary N) is 1. The molecule has 1 aromatic carbocycles. The smallest absolute Gasteiger partial charge is 0.161 e. The van der Waals surface area contributed by atoms with Crippen LogP contribution >= 0.6 is 0 Å². The Bertz CT molecular complexity index is 615. The van der Waals surface area contributed by atoms with E-state index in [1.807, 2.05) is 6.07 Å². The number of likely N-dealkylation sites (tertiary alicyclic amines) is 1. The van der Waals surface area contributed by atoms with Gasteiger partial charge in [0.15, 0.2) is 11.5 Å². The van der Waals surface area contributed by atoms with Crippen molar-refractivity contribution in [1.29, 1.82) is 0 Å². The van der Waals surface area contributed by atoms with Gasteiger partial charge >= 0.3 is 0 Å². The first-order valence-electron chi connectivity index (χ1n) is 8.94. The molecule has 1 aliphatic carbocycles. The predicted octanol–water partition coefficient (Wildman–Crippen LogP) is 2.15. The molecule has 1 saturated carbocycles. The van der Waals surface area contributed by atoms with Gasteiger partial charge in [0.05, 0.1) is 20.8 Å². The van der Waals surface area contributed by atoms with E-state index in [0.29, 0.717) is 6.04 Å². The van der Waals surface area contributed by atoms with E-state index in [9.17, 15) is 0 Å². The molecule has 0 amide bonds. The SMILES string of the molecule is COc1ccc(C23CCN(C)C2CC2(CC3)NCCO2)cc1OC. The van der Waals surface area contributed by atoms with E-state index in [0.717, 1.165) is 50.5 Å². The number of likely N-dealkylation sites (N-methyl/N-ethyl adjacent to an activating group) is 1. The molecule has 1 spiro atoms. The summed E-state index contributed by atoms with van der Waals surface area (Å²) in [5.41, 5.74) is 1.46. The highest BCUT2D eigenvalue weighted by atomic mass is 16.5. The first-order valence-corrected chi connectivity index (χ1v) is 8.94. The average molecular weight is 332 g/mol. The zero-order chi connectivity index (χ0) is 16.8. The summed E-state index contributed by atoms with van der Waals surface area (Å²) in [6, 6.07) is 6.96. The monoisotopic (exact) mass is 332 g/mol. The second kappa shape index (κ2) is 5.90. The number of fused-ring (bicyclic) bond motifs is 1. The molecule has 5 nitrogen and oxygen atoms in total. The first kappa shape index (κ1) is 16.2. The van der Waals surface area contributed by atoms with Crippen molar-refractivity contribution in [2.45, 2.75) is 42.9 Å². The van der Waals surface area contributed by atoms with Crippen LogP contribution in [0.2, 0.25) is 0 Å². The fourth-order valence-corrected chi connectivity index (χ4v) is 5.10. The van der Waals surface area contributed by atoms with Gasteiger partial charge in [0, 0.05) is 24.4 Å². The van der Waals surface area contributed by atoms with Gasteiger partial charge in [-0.1, -0.05) is 6.07 Å². The van der Waals surface area contributed by atoms with Gasteiger partial charge in [-0.3, -0.25) is 5.32 Å². The van der Waals surface area contributed by atoms with E-state index in [1.54, 1.807) is 14.2 Å². The largest absolute Gasteiger partial charge is 0.493 e. The van der Waals surface area contributed by atoms with Crippen LogP contribution in [0.15, 0.2) is 18.2 Å². The highest BCUT2D eigenvalue weighted by molar-refractivity contribution is 5.46. The summed E-state index contributed by atoms with van der Waals surface area (Å²) in [7, 11) is 5.65. The molecule has 2 aliphatic heterocycles. The Hall–Kier alpha value is -1.30. The zero-order valence-corrected chi connectivity index (χ0v) is 14.9. The van der Waals surface area contributed by atoms with Gasteiger partial charge in [0.2, 0.25) is 0 Å². The summed E-state index contributed by atoms with van der Waals surface area (Å²) in [6.07, 6.45) is 4.47. The van der Waals surface area contributed by atoms with Crippen LogP contribution in [-0.4, -0.2) is 57.6 Å². The Morgan fingerprint density at radius 2 is 2.00 bits per heavy atom. The van der Waals surface area contributed by atoms with E-state index in [4.69, 9.17) is 14.2 Å². The Morgan fingerprint density at radius 3 is 2.71 bits per heavy atom. The molecule has 1 aromatic rings. The van der Waals surface area contributed by atoms with Crippen LogP contribution in [0.4, 0.5) is 0 Å². The van der Waals surface area contributed by atoms with E-state index >= 15 is 0 Å². The summed E-state index contributed by atoms with van der Waals surface area (Å²) in [6.45, 7) is 2.94. The Morgan fingerprint density at radius 1 is 1.17 bits per heavy atom. The minimum absolute atomic E-state index is 0.108. The predicted molar refractivity (Wildman–Crippen MR) is 92.8 cm³/mol. The van der Waals surface area contributed by atoms with Crippen molar-refractivity contribution in [1.82, 2.24) is 10.2 Å². The number of benzene rings is 1. The van der Waals surface area contributed by atoms with Crippen LogP contribution in [0.5, 0.6) is 11.5 Å². The molecular weight excluding hydrogens is 304 g/mol. The third-order valence-electron chi connectivity index (χ3n) is 6.46. The summed E-state index contributed by atoms with van der Waals surface area (Å²) < 4.78 is 17.1. The van der Waals surface area contributed by atoms with Crippen molar-refractivity contribution in [2.75, 3.05) is 41.0 Å². The number of nitrogens with zero attached hydrogens (tertiary/aromatic N) is 1. The van der Waals surface area contributed by atoms with Crippen molar-refractivity contribution in [3.05, 3.63) is 23.8 Å². The van der Waals surface area contributed by atoms with Gasteiger partial charge in [0.1, 0.15) is 5.72 Å². The second-order valence-corrected chi connectivity index (χ2v) is 7.45. The molecule has 0 radical (unpaired) electrons. The maximum absolute atomic E-state index is 6.12. The highest BCUT2D eigenvalue weighted by Gasteiger charge is 2.55. The molecular formula is C19H28N2O3. The van der Waals surface area contributed by atoms with Crippen molar-refractivity contribution in [3.8, 4) is 11.5 Å². The topological polar surface area (TPSA) is 43.0 Å². The number of ether oxygens (including phenoxy) is 3. The molecule has 24 heavy (non-hydrogen) atoms. The van der Waals surface area contributed by atoms with Crippen molar-refractivity contribution < 1.29 is 14.2 Å². The maximum atomic E-state index is 6.12. The lowest BCUT2D eigenvalue weighted by atomic mass is 9.64. The molecule has 2 heterocycles. The van der Waals surface area contributed by atoms with E-state index in [1.165, 1.54) is 12.0 Å². The molecule has 2 saturated heterocycles. The molecule has 0 bridgehead atoms. The van der Waals surface area contributed by atoms with Gasteiger partial charge < -0.3 is 19.1 Å². The van der Waals surface area contributed by atoms with Crippen LogP contribution < -0.4 is 14.8 Å². The quantitative estimate of drug-likeness (QED) is 0.919. The lowest BCUT2D eigenvalue weighted by Gasteiger charge is -2.48. The van der Waals surface area contributed by atoms with Gasteiger partial charge in [-0.15, -0.1) is 0 Å². The maximum Gasteiger partial charge on any atom is 0.161 e. The van der Waals surface area contributed by atoms with Crippen LogP contribution in [-0.2, 0) is 10.2 Å². The summed E-state index contributed by atoms with van der Waals surface area (Å²) >= 11 is 0. The van der Waals surface area contributed by atoms with Gasteiger partial charge in [-0.05, 0) is 50.6 Å². The van der Waals surface area contributed by atoms with Crippen molar-refractivity contribution in [2.24, 2.45) is 0 Å². The molecule has 132 valence electrons. The first-order chi connectivity index (χ1) is 11.6. The molecule has 0 aromatic heterocycles. The number of rotatable bonds is 3. The lowest BCUT2D eigenvalue weighted by Crippen LogP contribution is -2.56. The fraction of sp³-hybridized carbons (Fsp3) is 0.684. The Kier molecular flexibility index (Phi) is 3.98. The highest BCUT2D eigenvalue weighted by Crippen LogP contribution is 2.52. The van der Waals surface area contributed by atoms with E-state index in [-0.39, 0.29) is 11.1 Å². The standard InChI is InChI=1S/C19H28N2O3/c1-21-10-8-18(14-4-5-15(22-2)16(12-14)23-3)6-7-19(13-17(18)21)20-9-11-24-19/h4-5,12,17,20H,6-11,13H2,1-3H3. The average Bonchev–Trinajstić information content (AvgIpc) is 3.21. The number of hydrogen-bond donors (Lipinski definition) is 1. The normalized spacial score (nSPS) is 36.0. The summed E-state index contributed by atoms with van der Waals surface area (Å²) in [5.74, 6) is 1.63. The van der Waals surface area contributed by atoms with Crippen LogP contribution in [0.1, 0.15) is 31.2 Å². The zero-order valence-electron chi connectivity index (χ0n) is 14.9. The van der Waals surface area contributed by atoms with Crippen LogP contribution in [0.25, 0.3) is 0 Å². The fourth-order valence-electron chi connectivity index (χ4n) is 5.10. The molecule has 1 N–H and O–H groups in total. The molecule has 4 rings (SSSR count). The van der Waals surface area contributed by atoms with E-state index < -0.39 is 0 Å². The lowest BCUT2D eigenvalue weighted by molar-refractivity contribution is -0.0707. The molecule has 3 aliphatic rings. The summed E-state index contributed by atoms with van der Waals surface area (Å²) in [5, 5.41) is 3.62. The second-order valence-electron chi connectivity index (χ2n) is 7.45. The van der Waals surface area contributed by atoms with Gasteiger partial charge in [0.25, 0.3) is 0 Å². The van der Waals surface area contributed by atoms with Crippen molar-refractivity contribution >= 4 is 0 Å². The Labute approximate surface area is 144 Å². The number of hydrogen-bond acceptors (Lipinski definition) is 5. The van der Waals surface area contributed by atoms with Gasteiger partial charge in [-0.25, -0.2) is 0 Å². The minimum Gasteiger partial charge on any atom is -0.493 e. The molecule has 3 unspecified atom stereocenters. The van der Waals surface area contributed by atoms with Crippen LogP contribution in [0, 0.1) is 0 Å². The molecule has 5 heteroatoms. The summed E-state index contributed by atoms with van der Waals surface area (Å²) in [4.78, 5) is 2.51. The third kappa shape index (κ3) is 2.33.